The monoisotopic (exact) mass is 277 g/mol. The van der Waals surface area contributed by atoms with Gasteiger partial charge in [-0.2, -0.15) is 0 Å². The highest BCUT2D eigenvalue weighted by atomic mass is 16.5. The third-order valence-electron chi connectivity index (χ3n) is 3.64. The molecular weight excluding hydrogens is 254 g/mol. The smallest absolute Gasteiger partial charge is 0.203 e. The van der Waals surface area contributed by atoms with Crippen molar-refractivity contribution in [3.05, 3.63) is 29.8 Å². The maximum Gasteiger partial charge on any atom is 0.203 e. The van der Waals surface area contributed by atoms with Crippen LogP contribution < -0.4 is 19.5 Å². The van der Waals surface area contributed by atoms with E-state index in [2.05, 4.69) is 17.5 Å². The first kappa shape index (κ1) is 14.7. The lowest BCUT2D eigenvalue weighted by atomic mass is 10.0. The maximum absolute atomic E-state index is 5.49. The van der Waals surface area contributed by atoms with Crippen molar-refractivity contribution < 1.29 is 14.2 Å². The van der Waals surface area contributed by atoms with Crippen LogP contribution in [0.25, 0.3) is 0 Å². The summed E-state index contributed by atoms with van der Waals surface area (Å²) >= 11 is 0. The largest absolute Gasteiger partial charge is 0.493 e. The molecule has 0 spiro atoms. The molecule has 4 heteroatoms. The number of ether oxygens (including phenoxy) is 3. The standard InChI is InChI=1S/C16H23NO3/c1-18-14-10-9-12(15(19-2)16(14)20-3)11-17-13-7-5-4-6-8-13/h4-5,9-10,13,17H,6-8,11H2,1-3H3. The van der Waals surface area contributed by atoms with Crippen molar-refractivity contribution in [2.75, 3.05) is 21.3 Å². The summed E-state index contributed by atoms with van der Waals surface area (Å²) in [6.07, 6.45) is 7.92. The number of nitrogens with one attached hydrogen (secondary N) is 1. The Morgan fingerprint density at radius 1 is 1.05 bits per heavy atom. The Bertz CT molecular complexity index is 471. The van der Waals surface area contributed by atoms with Gasteiger partial charge in [0.25, 0.3) is 0 Å². The van der Waals surface area contributed by atoms with Gasteiger partial charge in [0.05, 0.1) is 21.3 Å². The number of hydrogen-bond donors (Lipinski definition) is 1. The number of allylic oxidation sites excluding steroid dienone is 1. The Morgan fingerprint density at radius 3 is 2.45 bits per heavy atom. The van der Waals surface area contributed by atoms with Crippen LogP contribution in [0.5, 0.6) is 17.2 Å². The molecule has 4 nitrogen and oxygen atoms in total. The van der Waals surface area contributed by atoms with Crippen LogP contribution in [0.4, 0.5) is 0 Å². The van der Waals surface area contributed by atoms with Crippen LogP contribution in [0.15, 0.2) is 24.3 Å². The van der Waals surface area contributed by atoms with E-state index in [9.17, 15) is 0 Å². The first-order valence-electron chi connectivity index (χ1n) is 6.96. The van der Waals surface area contributed by atoms with E-state index in [1.54, 1.807) is 21.3 Å². The molecule has 1 aromatic rings. The fourth-order valence-corrected chi connectivity index (χ4v) is 2.54. The molecule has 0 bridgehead atoms. The highest BCUT2D eigenvalue weighted by Gasteiger charge is 2.17. The third-order valence-corrected chi connectivity index (χ3v) is 3.64. The molecule has 20 heavy (non-hydrogen) atoms. The van der Waals surface area contributed by atoms with Crippen molar-refractivity contribution in [3.8, 4) is 17.2 Å². The minimum atomic E-state index is 0.540. The predicted octanol–water partition coefficient (Wildman–Crippen LogP) is 2.91. The van der Waals surface area contributed by atoms with Crippen LogP contribution in [-0.2, 0) is 6.54 Å². The van der Waals surface area contributed by atoms with E-state index in [4.69, 9.17) is 14.2 Å². The van der Waals surface area contributed by atoms with Gasteiger partial charge in [0, 0.05) is 18.2 Å². The molecule has 1 aliphatic carbocycles. The molecule has 0 radical (unpaired) electrons. The van der Waals surface area contributed by atoms with Crippen molar-refractivity contribution in [3.63, 3.8) is 0 Å². The first-order valence-corrected chi connectivity index (χ1v) is 6.96. The average molecular weight is 277 g/mol. The lowest BCUT2D eigenvalue weighted by Gasteiger charge is -2.21. The predicted molar refractivity (Wildman–Crippen MR) is 79.7 cm³/mol. The molecule has 0 saturated heterocycles. The molecule has 2 rings (SSSR count). The molecule has 0 aliphatic heterocycles. The van der Waals surface area contributed by atoms with Gasteiger partial charge in [-0.25, -0.2) is 0 Å². The quantitative estimate of drug-likeness (QED) is 0.812. The van der Waals surface area contributed by atoms with E-state index in [0.717, 1.165) is 30.7 Å². The Morgan fingerprint density at radius 2 is 1.85 bits per heavy atom. The van der Waals surface area contributed by atoms with Gasteiger partial charge in [0.15, 0.2) is 11.5 Å². The number of benzene rings is 1. The highest BCUT2D eigenvalue weighted by Crippen LogP contribution is 2.39. The molecule has 110 valence electrons. The summed E-state index contributed by atoms with van der Waals surface area (Å²) < 4.78 is 16.2. The van der Waals surface area contributed by atoms with Crippen LogP contribution in [-0.4, -0.2) is 27.4 Å². The number of hydrogen-bond acceptors (Lipinski definition) is 4. The molecule has 0 fully saturated rings. The van der Waals surface area contributed by atoms with Crippen LogP contribution in [0.3, 0.4) is 0 Å². The SMILES string of the molecule is COc1ccc(CNC2CC=CCC2)c(OC)c1OC. The lowest BCUT2D eigenvalue weighted by molar-refractivity contribution is 0.321. The summed E-state index contributed by atoms with van der Waals surface area (Å²) in [5, 5.41) is 3.57. The molecule has 0 amide bonds. The third kappa shape index (κ3) is 3.25. The van der Waals surface area contributed by atoms with E-state index in [1.807, 2.05) is 12.1 Å². The van der Waals surface area contributed by atoms with Crippen LogP contribution >= 0.6 is 0 Å². The fraction of sp³-hybridized carbons (Fsp3) is 0.500. The van der Waals surface area contributed by atoms with Gasteiger partial charge < -0.3 is 19.5 Å². The van der Waals surface area contributed by atoms with Gasteiger partial charge in [-0.15, -0.1) is 0 Å². The molecule has 1 aliphatic rings. The summed E-state index contributed by atoms with van der Waals surface area (Å²) in [6, 6.07) is 4.48. The normalized spacial score (nSPS) is 17.9. The molecule has 1 aromatic carbocycles. The van der Waals surface area contributed by atoms with Crippen molar-refractivity contribution in [2.24, 2.45) is 0 Å². The zero-order chi connectivity index (χ0) is 14.4. The fourth-order valence-electron chi connectivity index (χ4n) is 2.54. The van der Waals surface area contributed by atoms with E-state index >= 15 is 0 Å². The first-order chi connectivity index (χ1) is 9.80. The zero-order valence-electron chi connectivity index (χ0n) is 12.4. The minimum Gasteiger partial charge on any atom is -0.493 e. The summed E-state index contributed by atoms with van der Waals surface area (Å²) in [5.74, 6) is 2.08. The Kier molecular flexibility index (Phi) is 5.30. The summed E-state index contributed by atoms with van der Waals surface area (Å²) in [7, 11) is 4.91. The lowest BCUT2D eigenvalue weighted by Crippen LogP contribution is -2.29. The molecule has 0 saturated carbocycles. The van der Waals surface area contributed by atoms with E-state index in [0.29, 0.717) is 17.5 Å². The zero-order valence-corrected chi connectivity index (χ0v) is 12.4. The van der Waals surface area contributed by atoms with Crippen molar-refractivity contribution >= 4 is 0 Å². The van der Waals surface area contributed by atoms with Gasteiger partial charge in [-0.3, -0.25) is 0 Å². The Labute approximate surface area is 120 Å². The van der Waals surface area contributed by atoms with Crippen molar-refractivity contribution in [1.82, 2.24) is 5.32 Å². The molecule has 0 heterocycles. The molecule has 1 N–H and O–H groups in total. The maximum atomic E-state index is 5.49. The minimum absolute atomic E-state index is 0.540. The summed E-state index contributed by atoms with van der Waals surface area (Å²) in [5.41, 5.74) is 1.08. The van der Waals surface area contributed by atoms with Crippen LogP contribution in [0.2, 0.25) is 0 Å². The van der Waals surface area contributed by atoms with E-state index in [-0.39, 0.29) is 0 Å². The second-order valence-electron chi connectivity index (χ2n) is 4.86. The Balaban J connectivity index is 2.12. The van der Waals surface area contributed by atoms with Crippen LogP contribution in [0, 0.1) is 0 Å². The topological polar surface area (TPSA) is 39.7 Å². The molecule has 0 aromatic heterocycles. The molecular formula is C16H23NO3. The Hall–Kier alpha value is -1.68. The van der Waals surface area contributed by atoms with E-state index < -0.39 is 0 Å². The average Bonchev–Trinajstić information content (AvgIpc) is 2.52. The van der Waals surface area contributed by atoms with Crippen molar-refractivity contribution in [1.29, 1.82) is 0 Å². The van der Waals surface area contributed by atoms with Gasteiger partial charge in [0.2, 0.25) is 5.75 Å². The van der Waals surface area contributed by atoms with Gasteiger partial charge in [0.1, 0.15) is 0 Å². The van der Waals surface area contributed by atoms with Gasteiger partial charge >= 0.3 is 0 Å². The van der Waals surface area contributed by atoms with Crippen molar-refractivity contribution in [2.45, 2.75) is 31.8 Å². The van der Waals surface area contributed by atoms with Gasteiger partial charge in [-0.1, -0.05) is 18.2 Å². The number of methoxy groups -OCH3 is 3. The van der Waals surface area contributed by atoms with Gasteiger partial charge in [-0.05, 0) is 25.3 Å². The second kappa shape index (κ2) is 7.20. The number of rotatable bonds is 6. The van der Waals surface area contributed by atoms with E-state index in [1.165, 1.54) is 6.42 Å². The summed E-state index contributed by atoms with van der Waals surface area (Å²) in [4.78, 5) is 0. The second-order valence-corrected chi connectivity index (χ2v) is 4.86. The summed E-state index contributed by atoms with van der Waals surface area (Å²) in [6.45, 7) is 0.766. The molecule has 1 unspecified atom stereocenters. The van der Waals surface area contributed by atoms with Crippen LogP contribution in [0.1, 0.15) is 24.8 Å². The molecule has 1 atom stereocenters. The highest BCUT2D eigenvalue weighted by molar-refractivity contribution is 5.55.